The van der Waals surface area contributed by atoms with E-state index in [2.05, 4.69) is 15.2 Å². The molecule has 1 aliphatic carbocycles. The fourth-order valence-electron chi connectivity index (χ4n) is 5.42. The van der Waals surface area contributed by atoms with Crippen molar-refractivity contribution in [2.45, 2.75) is 57.0 Å². The largest absolute Gasteiger partial charge is 0.496 e. The van der Waals surface area contributed by atoms with Crippen molar-refractivity contribution >= 4 is 11.6 Å². The lowest BCUT2D eigenvalue weighted by atomic mass is 10.1. The Morgan fingerprint density at radius 2 is 1.92 bits per heavy atom. The first kappa shape index (κ1) is 25.8. The molecule has 2 bridgehead atoms. The van der Waals surface area contributed by atoms with Crippen molar-refractivity contribution in [2.24, 2.45) is 0 Å². The molecular weight excluding hydrogens is 510 g/mol. The van der Waals surface area contributed by atoms with Crippen LogP contribution in [0.1, 0.15) is 42.5 Å². The number of methoxy groups -OCH3 is 1. The maximum atomic E-state index is 13.3. The summed E-state index contributed by atoms with van der Waals surface area (Å²) >= 11 is 0. The molecule has 1 aromatic carbocycles. The monoisotopic (exact) mass is 542 g/mol. The van der Waals surface area contributed by atoms with Crippen LogP contribution in [0.2, 0.25) is 0 Å². The molecule has 6 rings (SSSR count). The third-order valence-corrected chi connectivity index (χ3v) is 7.43. The van der Waals surface area contributed by atoms with Gasteiger partial charge in [-0.1, -0.05) is 0 Å². The summed E-state index contributed by atoms with van der Waals surface area (Å²) in [5, 5.41) is 2.81. The number of fused-ring (bicyclic) bond motifs is 3. The molecule has 208 valence electrons. The lowest BCUT2D eigenvalue weighted by Gasteiger charge is -2.31. The van der Waals surface area contributed by atoms with Crippen LogP contribution in [0.5, 0.6) is 17.2 Å². The first-order valence-electron chi connectivity index (χ1n) is 13.4. The number of hydrogen-bond acceptors (Lipinski definition) is 7. The Kier molecular flexibility index (Phi) is 7.26. The summed E-state index contributed by atoms with van der Waals surface area (Å²) in [7, 11) is 1.39. The SMILES string of the molecule is COc1cc(-c2cnc3cc(OCCCN4CC5CCC(C4)O5)ccn23)cc(OC(F)F)c1C(=O)NC1CC1. The standard InChI is InChI=1S/C28H32F2N4O5/c1-36-23-11-17(12-24(39-28(29)30)26(23)27(35)32-18-3-4-18)22-14-31-25-13-19(7-9-34(22)25)37-10-2-8-33-15-20-5-6-21(16-33)38-20/h7,9,11-14,18,20-21,28H,2-6,8,10,15-16H2,1H3,(H,32,35). The molecule has 3 aliphatic rings. The number of likely N-dealkylation sites (tertiary alicyclic amines) is 1. The number of aromatic nitrogens is 2. The van der Waals surface area contributed by atoms with Crippen LogP contribution in [-0.2, 0) is 4.74 Å². The number of rotatable bonds is 11. The highest BCUT2D eigenvalue weighted by Crippen LogP contribution is 2.37. The number of pyridine rings is 1. The number of hydrogen-bond donors (Lipinski definition) is 1. The fourth-order valence-corrected chi connectivity index (χ4v) is 5.42. The van der Waals surface area contributed by atoms with E-state index in [1.807, 2.05) is 22.7 Å². The molecule has 1 N–H and O–H groups in total. The predicted octanol–water partition coefficient (Wildman–Crippen LogP) is 4.14. The minimum atomic E-state index is -3.10. The Hall–Kier alpha value is -3.44. The molecule has 0 spiro atoms. The van der Waals surface area contributed by atoms with Crippen LogP contribution >= 0.6 is 0 Å². The Morgan fingerprint density at radius 3 is 2.64 bits per heavy atom. The van der Waals surface area contributed by atoms with Crippen molar-refractivity contribution < 1.29 is 32.5 Å². The van der Waals surface area contributed by atoms with E-state index in [-0.39, 0.29) is 23.1 Å². The van der Waals surface area contributed by atoms with Crippen LogP contribution in [0.15, 0.2) is 36.7 Å². The summed E-state index contributed by atoms with van der Waals surface area (Å²) < 4.78 is 50.5. The van der Waals surface area contributed by atoms with Crippen LogP contribution in [-0.4, -0.2) is 78.4 Å². The third kappa shape index (κ3) is 5.79. The second kappa shape index (κ2) is 11.0. The molecule has 2 aromatic heterocycles. The van der Waals surface area contributed by atoms with Gasteiger partial charge in [0.2, 0.25) is 0 Å². The number of imidazole rings is 1. The lowest BCUT2D eigenvalue weighted by Crippen LogP contribution is -2.43. The normalized spacial score (nSPS) is 20.9. The Balaban J connectivity index is 1.17. The fraction of sp³-hybridized carbons (Fsp3) is 0.500. The number of halogens is 2. The zero-order chi connectivity index (χ0) is 26.9. The molecule has 4 heterocycles. The highest BCUT2D eigenvalue weighted by molar-refractivity contribution is 6.01. The van der Waals surface area contributed by atoms with Gasteiger partial charge in [-0.25, -0.2) is 4.98 Å². The summed E-state index contributed by atoms with van der Waals surface area (Å²) in [6.45, 7) is 0.469. The summed E-state index contributed by atoms with van der Waals surface area (Å²) in [5.41, 5.74) is 1.73. The highest BCUT2D eigenvalue weighted by atomic mass is 19.3. The second-order valence-corrected chi connectivity index (χ2v) is 10.3. The van der Waals surface area contributed by atoms with Crippen LogP contribution in [0.3, 0.4) is 0 Å². The maximum Gasteiger partial charge on any atom is 0.387 e. The van der Waals surface area contributed by atoms with Crippen LogP contribution in [0.25, 0.3) is 16.9 Å². The summed E-state index contributed by atoms with van der Waals surface area (Å²) in [6, 6.07) is 6.78. The minimum absolute atomic E-state index is 0.0472. The van der Waals surface area contributed by atoms with E-state index in [4.69, 9.17) is 18.9 Å². The van der Waals surface area contributed by atoms with Gasteiger partial charge in [0, 0.05) is 43.5 Å². The Morgan fingerprint density at radius 1 is 1.15 bits per heavy atom. The topological polar surface area (TPSA) is 86.6 Å². The number of benzene rings is 1. The van der Waals surface area contributed by atoms with E-state index in [0.717, 1.165) is 51.7 Å². The quantitative estimate of drug-likeness (QED) is 0.365. The van der Waals surface area contributed by atoms with Gasteiger partial charge < -0.3 is 24.3 Å². The number of nitrogens with one attached hydrogen (secondary N) is 1. The number of carbonyl (C=O) groups excluding carboxylic acids is 1. The number of morpholine rings is 1. The van der Waals surface area contributed by atoms with E-state index >= 15 is 0 Å². The molecule has 1 amide bonds. The number of alkyl halides is 2. The van der Waals surface area contributed by atoms with Gasteiger partial charge in [0.15, 0.2) is 0 Å². The van der Waals surface area contributed by atoms with Gasteiger partial charge in [0.05, 0.1) is 37.8 Å². The molecule has 11 heteroatoms. The molecule has 2 aliphatic heterocycles. The Bertz CT molecular complexity index is 1330. The van der Waals surface area contributed by atoms with E-state index < -0.39 is 12.5 Å². The van der Waals surface area contributed by atoms with Gasteiger partial charge >= 0.3 is 6.61 Å². The molecule has 3 fully saturated rings. The van der Waals surface area contributed by atoms with Crippen molar-refractivity contribution in [1.29, 1.82) is 0 Å². The second-order valence-electron chi connectivity index (χ2n) is 10.3. The van der Waals surface area contributed by atoms with Crippen molar-refractivity contribution in [1.82, 2.24) is 19.6 Å². The molecule has 2 atom stereocenters. The van der Waals surface area contributed by atoms with Crippen molar-refractivity contribution in [3.63, 3.8) is 0 Å². The lowest BCUT2D eigenvalue weighted by molar-refractivity contribution is -0.0502. The molecule has 2 unspecified atom stereocenters. The molecule has 3 aromatic rings. The van der Waals surface area contributed by atoms with Gasteiger partial charge in [0.1, 0.15) is 28.5 Å². The molecule has 0 radical (unpaired) electrons. The number of ether oxygens (including phenoxy) is 4. The number of amides is 1. The Labute approximate surface area is 225 Å². The zero-order valence-electron chi connectivity index (χ0n) is 21.8. The van der Waals surface area contributed by atoms with Gasteiger partial charge in [-0.15, -0.1) is 0 Å². The van der Waals surface area contributed by atoms with Crippen LogP contribution in [0, 0.1) is 0 Å². The van der Waals surface area contributed by atoms with E-state index in [0.29, 0.717) is 41.5 Å². The number of nitrogens with zero attached hydrogens (tertiary/aromatic N) is 3. The molecule has 1 saturated carbocycles. The first-order valence-corrected chi connectivity index (χ1v) is 13.4. The first-order chi connectivity index (χ1) is 19.0. The van der Waals surface area contributed by atoms with E-state index in [9.17, 15) is 13.6 Å². The van der Waals surface area contributed by atoms with E-state index in [1.165, 1.54) is 13.2 Å². The number of carbonyl (C=O) groups is 1. The minimum Gasteiger partial charge on any atom is -0.496 e. The molecule has 2 saturated heterocycles. The summed E-state index contributed by atoms with van der Waals surface area (Å²) in [4.78, 5) is 19.7. The average Bonchev–Trinajstić information content (AvgIpc) is 3.53. The van der Waals surface area contributed by atoms with Crippen LogP contribution in [0.4, 0.5) is 8.78 Å². The predicted molar refractivity (Wildman–Crippen MR) is 139 cm³/mol. The summed E-state index contributed by atoms with van der Waals surface area (Å²) in [6.07, 6.45) is 9.19. The van der Waals surface area contributed by atoms with E-state index in [1.54, 1.807) is 12.3 Å². The van der Waals surface area contributed by atoms with Crippen molar-refractivity contribution in [3.8, 4) is 28.5 Å². The van der Waals surface area contributed by atoms with Crippen molar-refractivity contribution in [3.05, 3.63) is 42.2 Å². The van der Waals surface area contributed by atoms with Gasteiger partial charge in [-0.05, 0) is 50.3 Å². The summed E-state index contributed by atoms with van der Waals surface area (Å²) in [5.74, 6) is 0.0933. The molecule has 39 heavy (non-hydrogen) atoms. The molecule has 9 nitrogen and oxygen atoms in total. The van der Waals surface area contributed by atoms with Crippen LogP contribution < -0.4 is 19.5 Å². The average molecular weight is 543 g/mol. The molecular formula is C28H32F2N4O5. The van der Waals surface area contributed by atoms with Crippen molar-refractivity contribution in [2.75, 3.05) is 33.4 Å². The van der Waals surface area contributed by atoms with Gasteiger partial charge in [-0.2, -0.15) is 8.78 Å². The third-order valence-electron chi connectivity index (χ3n) is 7.43. The zero-order valence-corrected chi connectivity index (χ0v) is 21.8. The highest BCUT2D eigenvalue weighted by Gasteiger charge is 2.33. The van der Waals surface area contributed by atoms with Gasteiger partial charge in [-0.3, -0.25) is 14.1 Å². The maximum absolute atomic E-state index is 13.3. The van der Waals surface area contributed by atoms with Gasteiger partial charge in [0.25, 0.3) is 5.91 Å². The smallest absolute Gasteiger partial charge is 0.387 e.